The van der Waals surface area contributed by atoms with E-state index >= 15 is 0 Å². The van der Waals surface area contributed by atoms with Crippen LogP contribution >= 0.6 is 23.2 Å². The maximum absolute atomic E-state index is 9.19. The van der Waals surface area contributed by atoms with Gasteiger partial charge in [0.15, 0.2) is 0 Å². The second-order valence-electron chi connectivity index (χ2n) is 3.86. The van der Waals surface area contributed by atoms with E-state index in [4.69, 9.17) is 23.2 Å². The van der Waals surface area contributed by atoms with Gasteiger partial charge in [0.2, 0.25) is 0 Å². The molecule has 0 fully saturated rings. The molecule has 5 heteroatoms. The Hall–Kier alpha value is -1.03. The van der Waals surface area contributed by atoms with Crippen molar-refractivity contribution in [1.82, 2.24) is 9.78 Å². The van der Waals surface area contributed by atoms with Crippen molar-refractivity contribution in [1.29, 1.82) is 0 Å². The highest BCUT2D eigenvalue weighted by molar-refractivity contribution is 6.32. The van der Waals surface area contributed by atoms with E-state index in [1.165, 1.54) is 0 Å². The van der Waals surface area contributed by atoms with Gasteiger partial charge in [-0.05, 0) is 31.5 Å². The van der Waals surface area contributed by atoms with Crippen molar-refractivity contribution in [3.8, 4) is 5.69 Å². The lowest BCUT2D eigenvalue weighted by Crippen LogP contribution is -1.97. The SMILES string of the molecule is Cc1ccc(-n2nc(C)c(CO)c2Cl)cc1Cl. The van der Waals surface area contributed by atoms with Gasteiger partial charge in [0.05, 0.1) is 18.0 Å². The van der Waals surface area contributed by atoms with Gasteiger partial charge in [0.1, 0.15) is 5.15 Å². The molecule has 0 saturated carbocycles. The van der Waals surface area contributed by atoms with Crippen LogP contribution in [0.3, 0.4) is 0 Å². The molecule has 0 aliphatic rings. The summed E-state index contributed by atoms with van der Waals surface area (Å²) in [6.45, 7) is 3.62. The number of hydrogen-bond donors (Lipinski definition) is 1. The van der Waals surface area contributed by atoms with Crippen LogP contribution in [0, 0.1) is 13.8 Å². The van der Waals surface area contributed by atoms with Gasteiger partial charge in [0, 0.05) is 10.6 Å². The molecule has 0 unspecified atom stereocenters. The van der Waals surface area contributed by atoms with Crippen molar-refractivity contribution >= 4 is 23.2 Å². The molecule has 1 aromatic heterocycles. The van der Waals surface area contributed by atoms with Crippen LogP contribution in [0.15, 0.2) is 18.2 Å². The fourth-order valence-electron chi connectivity index (χ4n) is 1.60. The van der Waals surface area contributed by atoms with Crippen molar-refractivity contribution in [3.05, 3.63) is 45.2 Å². The number of benzene rings is 1. The van der Waals surface area contributed by atoms with Crippen LogP contribution in [0.25, 0.3) is 5.69 Å². The quantitative estimate of drug-likeness (QED) is 0.910. The van der Waals surface area contributed by atoms with E-state index in [2.05, 4.69) is 5.10 Å². The summed E-state index contributed by atoms with van der Waals surface area (Å²) in [5.41, 5.74) is 3.14. The van der Waals surface area contributed by atoms with Crippen molar-refractivity contribution in [3.63, 3.8) is 0 Å². The summed E-state index contributed by atoms with van der Waals surface area (Å²) in [5, 5.41) is 14.6. The monoisotopic (exact) mass is 270 g/mol. The highest BCUT2D eigenvalue weighted by Crippen LogP contribution is 2.26. The van der Waals surface area contributed by atoms with Crippen molar-refractivity contribution < 1.29 is 5.11 Å². The Bertz CT molecular complexity index is 564. The third kappa shape index (κ3) is 2.18. The summed E-state index contributed by atoms with van der Waals surface area (Å²) >= 11 is 12.2. The minimum Gasteiger partial charge on any atom is -0.391 e. The van der Waals surface area contributed by atoms with E-state index < -0.39 is 0 Å². The molecule has 0 aliphatic heterocycles. The molecule has 2 aromatic rings. The summed E-state index contributed by atoms with van der Waals surface area (Å²) in [7, 11) is 0. The Morgan fingerprint density at radius 2 is 2.00 bits per heavy atom. The first kappa shape index (κ1) is 12.4. The predicted octanol–water partition coefficient (Wildman–Crippen LogP) is 3.29. The zero-order valence-corrected chi connectivity index (χ0v) is 11.0. The van der Waals surface area contributed by atoms with Crippen LogP contribution < -0.4 is 0 Å². The molecule has 0 radical (unpaired) electrons. The van der Waals surface area contributed by atoms with Gasteiger partial charge in [-0.1, -0.05) is 29.3 Å². The maximum Gasteiger partial charge on any atom is 0.138 e. The Kier molecular flexibility index (Phi) is 3.43. The van der Waals surface area contributed by atoms with E-state index in [9.17, 15) is 5.11 Å². The molecule has 3 nitrogen and oxygen atoms in total. The molecule has 1 N–H and O–H groups in total. The minimum absolute atomic E-state index is 0.121. The zero-order valence-electron chi connectivity index (χ0n) is 9.54. The third-order valence-corrected chi connectivity index (χ3v) is 3.48. The van der Waals surface area contributed by atoms with Crippen LogP contribution in [0.5, 0.6) is 0 Å². The molecule has 1 aromatic carbocycles. The average Bonchev–Trinajstić information content (AvgIpc) is 2.58. The summed E-state index contributed by atoms with van der Waals surface area (Å²) in [5.74, 6) is 0. The standard InChI is InChI=1S/C12H12Cl2N2O/c1-7-3-4-9(5-11(7)13)16-12(14)10(6-17)8(2)15-16/h3-5,17H,6H2,1-2H3. The molecule has 0 bridgehead atoms. The summed E-state index contributed by atoms with van der Waals surface area (Å²) in [6, 6.07) is 5.60. The molecule has 0 saturated heterocycles. The van der Waals surface area contributed by atoms with Gasteiger partial charge < -0.3 is 5.11 Å². The van der Waals surface area contributed by atoms with Crippen LogP contribution in [-0.2, 0) is 6.61 Å². The first-order chi connectivity index (χ1) is 8.04. The lowest BCUT2D eigenvalue weighted by Gasteiger charge is -2.05. The molecule has 90 valence electrons. The smallest absolute Gasteiger partial charge is 0.138 e. The van der Waals surface area contributed by atoms with E-state index in [1.807, 2.05) is 26.0 Å². The Labute approximate surface area is 110 Å². The topological polar surface area (TPSA) is 38.0 Å². The molecular formula is C12H12Cl2N2O. The normalized spacial score (nSPS) is 10.9. The van der Waals surface area contributed by atoms with Crippen LogP contribution in [0.2, 0.25) is 10.2 Å². The van der Waals surface area contributed by atoms with Gasteiger partial charge in [0.25, 0.3) is 0 Å². The molecule has 0 amide bonds. The van der Waals surface area contributed by atoms with E-state index in [-0.39, 0.29) is 6.61 Å². The minimum atomic E-state index is -0.121. The van der Waals surface area contributed by atoms with Crippen LogP contribution in [0.4, 0.5) is 0 Å². The summed E-state index contributed by atoms with van der Waals surface area (Å²) in [6.07, 6.45) is 0. The third-order valence-electron chi connectivity index (χ3n) is 2.68. The number of rotatable bonds is 2. The lowest BCUT2D eigenvalue weighted by atomic mass is 10.2. The number of aliphatic hydroxyl groups is 1. The summed E-state index contributed by atoms with van der Waals surface area (Å²) in [4.78, 5) is 0. The highest BCUT2D eigenvalue weighted by atomic mass is 35.5. The maximum atomic E-state index is 9.19. The second-order valence-corrected chi connectivity index (χ2v) is 4.62. The fraction of sp³-hybridized carbons (Fsp3) is 0.250. The number of aryl methyl sites for hydroxylation is 2. The van der Waals surface area contributed by atoms with Gasteiger partial charge in [-0.3, -0.25) is 0 Å². The van der Waals surface area contributed by atoms with Crippen LogP contribution in [-0.4, -0.2) is 14.9 Å². The molecule has 2 rings (SSSR count). The number of aliphatic hydroxyl groups excluding tert-OH is 1. The van der Waals surface area contributed by atoms with Crippen molar-refractivity contribution in [2.45, 2.75) is 20.5 Å². The molecule has 1 heterocycles. The molecule has 0 aliphatic carbocycles. The summed E-state index contributed by atoms with van der Waals surface area (Å²) < 4.78 is 1.58. The molecule has 17 heavy (non-hydrogen) atoms. The number of halogens is 2. The fourth-order valence-corrected chi connectivity index (χ4v) is 2.10. The highest BCUT2D eigenvalue weighted by Gasteiger charge is 2.14. The van der Waals surface area contributed by atoms with E-state index in [0.717, 1.165) is 11.3 Å². The number of nitrogens with zero attached hydrogens (tertiary/aromatic N) is 2. The van der Waals surface area contributed by atoms with Gasteiger partial charge in [-0.15, -0.1) is 0 Å². The molecule has 0 spiro atoms. The van der Waals surface area contributed by atoms with Crippen molar-refractivity contribution in [2.24, 2.45) is 0 Å². The molecular weight excluding hydrogens is 259 g/mol. The predicted molar refractivity (Wildman–Crippen MR) is 69.0 cm³/mol. The number of aromatic nitrogens is 2. The molecule has 0 atom stereocenters. The first-order valence-electron chi connectivity index (χ1n) is 5.16. The Morgan fingerprint density at radius 1 is 1.29 bits per heavy atom. The van der Waals surface area contributed by atoms with E-state index in [0.29, 0.717) is 21.4 Å². The Morgan fingerprint density at radius 3 is 2.53 bits per heavy atom. The van der Waals surface area contributed by atoms with Crippen molar-refractivity contribution in [2.75, 3.05) is 0 Å². The second kappa shape index (κ2) is 4.69. The largest absolute Gasteiger partial charge is 0.391 e. The number of hydrogen-bond acceptors (Lipinski definition) is 2. The Balaban J connectivity index is 2.57. The van der Waals surface area contributed by atoms with Crippen LogP contribution in [0.1, 0.15) is 16.8 Å². The zero-order chi connectivity index (χ0) is 12.6. The van der Waals surface area contributed by atoms with E-state index in [1.54, 1.807) is 10.7 Å². The lowest BCUT2D eigenvalue weighted by molar-refractivity contribution is 0.281. The van der Waals surface area contributed by atoms with Gasteiger partial charge in [-0.25, -0.2) is 4.68 Å². The van der Waals surface area contributed by atoms with Gasteiger partial charge in [-0.2, -0.15) is 5.10 Å². The van der Waals surface area contributed by atoms with Gasteiger partial charge >= 0.3 is 0 Å². The average molecular weight is 271 g/mol. The first-order valence-corrected chi connectivity index (χ1v) is 5.91.